The molecular weight excluding hydrogens is 550 g/mol. The molecule has 6 rings (SSSR count). The van der Waals surface area contributed by atoms with Gasteiger partial charge in [0, 0.05) is 42.9 Å². The molecule has 232 valence electrons. The molecule has 1 aliphatic heterocycles. The van der Waals surface area contributed by atoms with Crippen LogP contribution in [0.3, 0.4) is 0 Å². The Bertz CT molecular complexity index is 1620. The van der Waals surface area contributed by atoms with Gasteiger partial charge in [0.25, 0.3) is 5.56 Å². The standard InChI is InChI=1S/C35H45N7O2/c1-4-13-30-29(24-25-17-19-26(20-18-25)27-14-8-9-15-28(27)32-36-38-39-37-32)33(43)41-23-12-16-31(42(30)41)35(21-10-7-11-22-35)34(44)40(5-2)6-3/h8-9,14-15,17-20,31H,4-7,10-13,16,21-24H2,1-3H3,(H,36,37,38,39). The largest absolute Gasteiger partial charge is 0.343 e. The number of carbonyl (C=O) groups is 1. The number of nitrogens with zero attached hydrogens (tertiary/aromatic N) is 6. The van der Waals surface area contributed by atoms with Crippen LogP contribution in [0.1, 0.15) is 95.0 Å². The Labute approximate surface area is 259 Å². The van der Waals surface area contributed by atoms with Gasteiger partial charge in [-0.1, -0.05) is 81.1 Å². The van der Waals surface area contributed by atoms with Gasteiger partial charge < -0.3 is 4.90 Å². The Balaban J connectivity index is 1.37. The summed E-state index contributed by atoms with van der Waals surface area (Å²) < 4.78 is 4.32. The average Bonchev–Trinajstić information content (AvgIpc) is 3.70. The smallest absolute Gasteiger partial charge is 0.270 e. The highest BCUT2D eigenvalue weighted by molar-refractivity contribution is 5.83. The van der Waals surface area contributed by atoms with Crippen LogP contribution in [0.25, 0.3) is 22.5 Å². The highest BCUT2D eigenvalue weighted by Crippen LogP contribution is 2.50. The Hall–Kier alpha value is -4.01. The summed E-state index contributed by atoms with van der Waals surface area (Å²) in [5.41, 5.74) is 5.86. The Morgan fingerprint density at radius 2 is 1.70 bits per heavy atom. The number of tetrazole rings is 1. The quantitative estimate of drug-likeness (QED) is 0.235. The van der Waals surface area contributed by atoms with E-state index in [1.54, 1.807) is 0 Å². The number of aromatic nitrogens is 6. The van der Waals surface area contributed by atoms with Crippen LogP contribution in [0.5, 0.6) is 0 Å². The van der Waals surface area contributed by atoms with Crippen LogP contribution in [0.4, 0.5) is 0 Å². The maximum absolute atomic E-state index is 14.3. The second-order valence-corrected chi connectivity index (χ2v) is 12.5. The molecule has 2 aromatic carbocycles. The zero-order chi connectivity index (χ0) is 30.7. The van der Waals surface area contributed by atoms with Gasteiger partial charge in [-0.25, -0.2) is 9.78 Å². The molecule has 4 aromatic rings. The van der Waals surface area contributed by atoms with Gasteiger partial charge in [0.05, 0.1) is 11.5 Å². The molecule has 44 heavy (non-hydrogen) atoms. The van der Waals surface area contributed by atoms with Crippen LogP contribution in [0, 0.1) is 5.41 Å². The van der Waals surface area contributed by atoms with Gasteiger partial charge in [0.15, 0.2) is 5.82 Å². The van der Waals surface area contributed by atoms with Crippen molar-refractivity contribution in [2.24, 2.45) is 5.41 Å². The third-order valence-corrected chi connectivity index (χ3v) is 10.0. The molecule has 1 unspecified atom stereocenters. The number of fused-ring (bicyclic) bond motifs is 1. The summed E-state index contributed by atoms with van der Waals surface area (Å²) in [7, 11) is 0. The first-order chi connectivity index (χ1) is 21.5. The molecule has 9 nitrogen and oxygen atoms in total. The summed E-state index contributed by atoms with van der Waals surface area (Å²) in [5, 5.41) is 14.5. The number of nitrogens with one attached hydrogen (secondary N) is 1. The maximum Gasteiger partial charge on any atom is 0.270 e. The van der Waals surface area contributed by atoms with Gasteiger partial charge in [-0.15, -0.1) is 5.10 Å². The summed E-state index contributed by atoms with van der Waals surface area (Å²) in [6, 6.07) is 16.6. The molecule has 0 radical (unpaired) electrons. The van der Waals surface area contributed by atoms with E-state index in [1.165, 1.54) is 6.42 Å². The summed E-state index contributed by atoms with van der Waals surface area (Å²) in [6.07, 6.45) is 9.40. The van der Waals surface area contributed by atoms with Crippen molar-refractivity contribution in [3.8, 4) is 22.5 Å². The number of hydrogen-bond acceptors (Lipinski definition) is 5. The normalized spacial score (nSPS) is 17.8. The van der Waals surface area contributed by atoms with Crippen molar-refractivity contribution in [2.45, 2.75) is 97.6 Å². The van der Waals surface area contributed by atoms with E-state index in [9.17, 15) is 9.59 Å². The molecule has 3 heterocycles. The third-order valence-electron chi connectivity index (χ3n) is 10.0. The first kappa shape index (κ1) is 30.0. The van der Waals surface area contributed by atoms with Crippen LogP contribution >= 0.6 is 0 Å². The van der Waals surface area contributed by atoms with E-state index in [0.29, 0.717) is 24.7 Å². The van der Waals surface area contributed by atoms with E-state index in [4.69, 9.17) is 0 Å². The molecule has 2 aromatic heterocycles. The number of rotatable bonds is 10. The van der Waals surface area contributed by atoms with E-state index in [2.05, 4.69) is 76.4 Å². The van der Waals surface area contributed by atoms with Gasteiger partial charge >= 0.3 is 0 Å². The molecule has 1 aliphatic carbocycles. The summed E-state index contributed by atoms with van der Waals surface area (Å²) in [6.45, 7) is 8.52. The first-order valence-electron chi connectivity index (χ1n) is 16.6. The SMILES string of the molecule is CCCc1c(Cc2ccc(-c3ccccc3-c3nnn[nH]3)cc2)c(=O)n2n1C(C1(C(=O)N(CC)CC)CCCCC1)CCC2. The fourth-order valence-corrected chi connectivity index (χ4v) is 7.89. The fourth-order valence-electron chi connectivity index (χ4n) is 7.89. The summed E-state index contributed by atoms with van der Waals surface area (Å²) in [4.78, 5) is 30.5. The molecule has 0 spiro atoms. The molecule has 1 atom stereocenters. The fraction of sp³-hybridized carbons (Fsp3) is 0.514. The van der Waals surface area contributed by atoms with Crippen molar-refractivity contribution in [3.05, 3.63) is 75.7 Å². The summed E-state index contributed by atoms with van der Waals surface area (Å²) in [5.74, 6) is 0.925. The topological polar surface area (TPSA) is 102 Å². The van der Waals surface area contributed by atoms with Gasteiger partial charge in [0.1, 0.15) is 0 Å². The van der Waals surface area contributed by atoms with Crippen LogP contribution < -0.4 is 5.56 Å². The van der Waals surface area contributed by atoms with E-state index in [0.717, 1.165) is 98.0 Å². The van der Waals surface area contributed by atoms with Crippen LogP contribution in [-0.2, 0) is 24.2 Å². The number of amides is 1. The number of H-pyrrole nitrogens is 1. The van der Waals surface area contributed by atoms with Crippen molar-refractivity contribution in [1.82, 2.24) is 34.9 Å². The van der Waals surface area contributed by atoms with Crippen molar-refractivity contribution in [3.63, 3.8) is 0 Å². The van der Waals surface area contributed by atoms with E-state index < -0.39 is 5.41 Å². The highest BCUT2D eigenvalue weighted by atomic mass is 16.2. The zero-order valence-corrected chi connectivity index (χ0v) is 26.4. The van der Waals surface area contributed by atoms with Crippen molar-refractivity contribution >= 4 is 5.91 Å². The second-order valence-electron chi connectivity index (χ2n) is 12.5. The molecule has 0 bridgehead atoms. The lowest BCUT2D eigenvalue weighted by Crippen LogP contribution is -2.52. The zero-order valence-electron chi connectivity index (χ0n) is 26.4. The van der Waals surface area contributed by atoms with E-state index >= 15 is 0 Å². The predicted octanol–water partition coefficient (Wildman–Crippen LogP) is 6.19. The van der Waals surface area contributed by atoms with Crippen molar-refractivity contribution < 1.29 is 4.79 Å². The van der Waals surface area contributed by atoms with Crippen LogP contribution in [-0.4, -0.2) is 53.9 Å². The Morgan fingerprint density at radius 3 is 2.36 bits per heavy atom. The Kier molecular flexibility index (Phi) is 8.82. The molecular formula is C35H45N7O2. The molecule has 9 heteroatoms. The minimum absolute atomic E-state index is 0.0251. The minimum atomic E-state index is -0.439. The predicted molar refractivity (Wildman–Crippen MR) is 172 cm³/mol. The molecule has 1 fully saturated rings. The molecule has 1 saturated carbocycles. The van der Waals surface area contributed by atoms with Gasteiger partial charge in [-0.05, 0) is 73.1 Å². The lowest BCUT2D eigenvalue weighted by atomic mass is 9.66. The maximum atomic E-state index is 14.3. The van der Waals surface area contributed by atoms with Crippen LogP contribution in [0.2, 0.25) is 0 Å². The van der Waals surface area contributed by atoms with E-state index in [-0.39, 0.29) is 11.6 Å². The van der Waals surface area contributed by atoms with E-state index in [1.807, 2.05) is 27.8 Å². The third kappa shape index (κ3) is 5.30. The van der Waals surface area contributed by atoms with Gasteiger partial charge in [-0.2, -0.15) is 0 Å². The molecule has 1 amide bonds. The minimum Gasteiger partial charge on any atom is -0.343 e. The van der Waals surface area contributed by atoms with Gasteiger partial charge in [0.2, 0.25) is 5.91 Å². The van der Waals surface area contributed by atoms with Gasteiger partial charge in [-0.3, -0.25) is 14.3 Å². The molecule has 2 aliphatic rings. The second kappa shape index (κ2) is 12.9. The first-order valence-corrected chi connectivity index (χ1v) is 16.6. The lowest BCUT2D eigenvalue weighted by molar-refractivity contribution is -0.149. The number of carbonyl (C=O) groups excluding carboxylic acids is 1. The lowest BCUT2D eigenvalue weighted by Gasteiger charge is -2.47. The molecule has 1 N–H and O–H groups in total. The van der Waals surface area contributed by atoms with Crippen molar-refractivity contribution in [1.29, 1.82) is 0 Å². The number of aromatic amines is 1. The monoisotopic (exact) mass is 595 g/mol. The Morgan fingerprint density at radius 1 is 0.977 bits per heavy atom. The highest BCUT2D eigenvalue weighted by Gasteiger charge is 2.50. The molecule has 0 saturated heterocycles. The summed E-state index contributed by atoms with van der Waals surface area (Å²) >= 11 is 0. The number of benzene rings is 2. The van der Waals surface area contributed by atoms with Crippen molar-refractivity contribution in [2.75, 3.05) is 13.1 Å². The number of hydrogen-bond donors (Lipinski definition) is 1. The van der Waals surface area contributed by atoms with Crippen LogP contribution in [0.15, 0.2) is 53.3 Å². The average molecular weight is 596 g/mol.